The first-order valence-electron chi connectivity index (χ1n) is 9.64. The summed E-state index contributed by atoms with van der Waals surface area (Å²) in [5.74, 6) is 0.285. The zero-order valence-electron chi connectivity index (χ0n) is 14.4. The summed E-state index contributed by atoms with van der Waals surface area (Å²) in [6.07, 6.45) is 12.7. The Labute approximate surface area is 139 Å². The van der Waals surface area contributed by atoms with Crippen LogP contribution in [0.15, 0.2) is 18.2 Å². The van der Waals surface area contributed by atoms with Gasteiger partial charge in [-0.25, -0.2) is 8.78 Å². The van der Waals surface area contributed by atoms with Gasteiger partial charge in [0.25, 0.3) is 0 Å². The summed E-state index contributed by atoms with van der Waals surface area (Å²) >= 11 is 0. The minimum atomic E-state index is -0.307. The van der Waals surface area contributed by atoms with Gasteiger partial charge >= 0.3 is 0 Å². The van der Waals surface area contributed by atoms with Gasteiger partial charge in [0, 0.05) is 11.0 Å². The van der Waals surface area contributed by atoms with E-state index in [9.17, 15) is 8.78 Å². The largest absolute Gasteiger partial charge is 0.207 e. The Morgan fingerprint density at radius 1 is 0.957 bits per heavy atom. The third-order valence-corrected chi connectivity index (χ3v) is 6.52. The second-order valence-electron chi connectivity index (χ2n) is 7.70. The molecule has 0 radical (unpaired) electrons. The monoisotopic (exact) mass is 320 g/mol. The molecule has 2 aliphatic rings. The van der Waals surface area contributed by atoms with Crippen molar-refractivity contribution < 1.29 is 8.78 Å². The topological polar surface area (TPSA) is 0 Å². The van der Waals surface area contributed by atoms with Crippen LogP contribution in [0.25, 0.3) is 0 Å². The van der Waals surface area contributed by atoms with Crippen LogP contribution in [-0.4, -0.2) is 0 Å². The highest BCUT2D eigenvalue weighted by molar-refractivity contribution is 5.32. The summed E-state index contributed by atoms with van der Waals surface area (Å²) in [7, 11) is 0. The van der Waals surface area contributed by atoms with Crippen LogP contribution in [0.4, 0.5) is 8.78 Å². The van der Waals surface area contributed by atoms with Crippen LogP contribution in [0.2, 0.25) is 0 Å². The molecule has 2 heteroatoms. The summed E-state index contributed by atoms with van der Waals surface area (Å²) in [4.78, 5) is 0. The highest BCUT2D eigenvalue weighted by atomic mass is 19.1. The molecule has 3 rings (SSSR count). The summed E-state index contributed by atoms with van der Waals surface area (Å²) in [6.45, 7) is 2.21. The zero-order chi connectivity index (χ0) is 16.3. The molecule has 2 fully saturated rings. The van der Waals surface area contributed by atoms with Gasteiger partial charge in [0.2, 0.25) is 0 Å². The van der Waals surface area contributed by atoms with E-state index in [1.165, 1.54) is 43.9 Å². The normalized spacial score (nSPS) is 29.6. The molecule has 2 unspecified atom stereocenters. The fraction of sp³-hybridized carbons (Fsp3) is 0.714. The standard InChI is InChI=1S/C21H30F2/c1-2-9-16-12-6-7-15-21(16,17-10-4-3-5-11-17)20-18(22)13-8-14-19(20)23/h8,13-14,16-17H,2-7,9-12,15H2,1H3. The molecule has 2 saturated carbocycles. The molecule has 2 atom stereocenters. The lowest BCUT2D eigenvalue weighted by Gasteiger charge is -2.51. The van der Waals surface area contributed by atoms with Crippen molar-refractivity contribution in [3.05, 3.63) is 35.4 Å². The molecule has 23 heavy (non-hydrogen) atoms. The Morgan fingerprint density at radius 2 is 1.61 bits per heavy atom. The van der Waals surface area contributed by atoms with Crippen molar-refractivity contribution in [3.8, 4) is 0 Å². The zero-order valence-corrected chi connectivity index (χ0v) is 14.4. The maximum atomic E-state index is 14.8. The third-order valence-electron chi connectivity index (χ3n) is 6.52. The average molecular weight is 320 g/mol. The second-order valence-corrected chi connectivity index (χ2v) is 7.70. The van der Waals surface area contributed by atoms with E-state index in [1.807, 2.05) is 0 Å². The summed E-state index contributed by atoms with van der Waals surface area (Å²) in [5, 5.41) is 0. The second kappa shape index (κ2) is 7.32. The Bertz CT molecular complexity index is 484. The molecule has 0 spiro atoms. The first kappa shape index (κ1) is 16.9. The fourth-order valence-electron chi connectivity index (χ4n) is 5.65. The van der Waals surface area contributed by atoms with Gasteiger partial charge in [-0.3, -0.25) is 0 Å². The molecule has 0 nitrogen and oxygen atoms in total. The van der Waals surface area contributed by atoms with Crippen LogP contribution in [0.5, 0.6) is 0 Å². The van der Waals surface area contributed by atoms with Crippen LogP contribution >= 0.6 is 0 Å². The van der Waals surface area contributed by atoms with Crippen LogP contribution in [0.1, 0.15) is 83.1 Å². The van der Waals surface area contributed by atoms with Crippen molar-refractivity contribution in [2.45, 2.75) is 83.0 Å². The number of hydrogen-bond donors (Lipinski definition) is 0. The SMILES string of the molecule is CCCC1CCCCC1(c1c(F)cccc1F)C1CCCCC1. The van der Waals surface area contributed by atoms with E-state index >= 15 is 0 Å². The summed E-state index contributed by atoms with van der Waals surface area (Å²) in [5.41, 5.74) is 0.175. The first-order valence-corrected chi connectivity index (χ1v) is 9.64. The van der Waals surface area contributed by atoms with Gasteiger partial charge in [-0.1, -0.05) is 51.5 Å². The number of halogens is 2. The lowest BCUT2D eigenvalue weighted by atomic mass is 9.53. The van der Waals surface area contributed by atoms with Crippen molar-refractivity contribution in [2.75, 3.05) is 0 Å². The predicted molar refractivity (Wildman–Crippen MR) is 91.5 cm³/mol. The first-order chi connectivity index (χ1) is 11.2. The molecule has 0 heterocycles. The fourth-order valence-corrected chi connectivity index (χ4v) is 5.65. The molecule has 2 aliphatic carbocycles. The molecule has 0 aromatic heterocycles. The van der Waals surface area contributed by atoms with E-state index in [0.29, 0.717) is 17.4 Å². The van der Waals surface area contributed by atoms with E-state index in [0.717, 1.165) is 44.9 Å². The predicted octanol–water partition coefficient (Wildman–Crippen LogP) is 6.77. The molecule has 1 aromatic carbocycles. The molecular weight excluding hydrogens is 290 g/mol. The van der Waals surface area contributed by atoms with Crippen LogP contribution in [0.3, 0.4) is 0 Å². The maximum absolute atomic E-state index is 14.8. The van der Waals surface area contributed by atoms with Crippen LogP contribution in [0, 0.1) is 23.5 Å². The van der Waals surface area contributed by atoms with E-state index < -0.39 is 0 Å². The molecule has 0 saturated heterocycles. The molecular formula is C21H30F2. The third kappa shape index (κ3) is 3.06. The Kier molecular flexibility index (Phi) is 5.38. The van der Waals surface area contributed by atoms with Crippen molar-refractivity contribution in [2.24, 2.45) is 11.8 Å². The Balaban J connectivity index is 2.11. The summed E-state index contributed by atoms with van der Waals surface area (Å²) in [6, 6.07) is 4.46. The van der Waals surface area contributed by atoms with Crippen LogP contribution < -0.4 is 0 Å². The maximum Gasteiger partial charge on any atom is 0.129 e. The number of hydrogen-bond acceptors (Lipinski definition) is 0. The molecule has 0 N–H and O–H groups in total. The van der Waals surface area contributed by atoms with Gasteiger partial charge in [-0.2, -0.15) is 0 Å². The molecule has 0 amide bonds. The lowest BCUT2D eigenvalue weighted by Crippen LogP contribution is -2.46. The molecule has 1 aromatic rings. The smallest absolute Gasteiger partial charge is 0.129 e. The average Bonchev–Trinajstić information content (AvgIpc) is 2.57. The van der Waals surface area contributed by atoms with E-state index in [1.54, 1.807) is 0 Å². The van der Waals surface area contributed by atoms with Crippen molar-refractivity contribution in [3.63, 3.8) is 0 Å². The van der Waals surface area contributed by atoms with Crippen molar-refractivity contribution in [1.29, 1.82) is 0 Å². The lowest BCUT2D eigenvalue weighted by molar-refractivity contribution is 0.0690. The highest BCUT2D eigenvalue weighted by Gasteiger charge is 2.49. The Morgan fingerprint density at radius 3 is 2.26 bits per heavy atom. The minimum absolute atomic E-state index is 0.260. The quantitative estimate of drug-likeness (QED) is 0.574. The van der Waals surface area contributed by atoms with Crippen molar-refractivity contribution in [1.82, 2.24) is 0 Å². The van der Waals surface area contributed by atoms with Gasteiger partial charge in [0.1, 0.15) is 11.6 Å². The van der Waals surface area contributed by atoms with Gasteiger partial charge in [0.05, 0.1) is 0 Å². The number of rotatable bonds is 4. The number of benzene rings is 1. The molecule has 0 bridgehead atoms. The minimum Gasteiger partial charge on any atom is -0.207 e. The molecule has 128 valence electrons. The summed E-state index contributed by atoms with van der Waals surface area (Å²) < 4.78 is 29.6. The van der Waals surface area contributed by atoms with Gasteiger partial charge in [0.15, 0.2) is 0 Å². The van der Waals surface area contributed by atoms with Gasteiger partial charge < -0.3 is 0 Å². The van der Waals surface area contributed by atoms with Gasteiger partial charge in [-0.15, -0.1) is 0 Å². The van der Waals surface area contributed by atoms with E-state index in [-0.39, 0.29) is 17.0 Å². The Hall–Kier alpha value is -0.920. The van der Waals surface area contributed by atoms with E-state index in [4.69, 9.17) is 0 Å². The van der Waals surface area contributed by atoms with Crippen molar-refractivity contribution >= 4 is 0 Å². The highest BCUT2D eigenvalue weighted by Crippen LogP contribution is 2.55. The van der Waals surface area contributed by atoms with E-state index in [2.05, 4.69) is 6.92 Å². The van der Waals surface area contributed by atoms with Crippen LogP contribution in [-0.2, 0) is 5.41 Å². The molecule has 0 aliphatic heterocycles. The van der Waals surface area contributed by atoms with Gasteiger partial charge in [-0.05, 0) is 56.1 Å².